The lowest BCUT2D eigenvalue weighted by Gasteiger charge is -2.14. The van der Waals surface area contributed by atoms with Crippen LogP contribution in [0.1, 0.15) is 13.8 Å². The number of carbonyl (C=O) groups excluding carboxylic acids is 1. The van der Waals surface area contributed by atoms with E-state index in [9.17, 15) is 4.79 Å². The third kappa shape index (κ3) is 4.29. The maximum atomic E-state index is 11.5. The molecule has 0 saturated heterocycles. The Morgan fingerprint density at radius 2 is 2.06 bits per heavy atom. The highest BCUT2D eigenvalue weighted by molar-refractivity contribution is 6.35. The number of esters is 1. The summed E-state index contributed by atoms with van der Waals surface area (Å²) in [7, 11) is 0. The van der Waals surface area contributed by atoms with Crippen LogP contribution < -0.4 is 4.74 Å². The van der Waals surface area contributed by atoms with Gasteiger partial charge in [-0.05, 0) is 32.0 Å². The monoisotopic (exact) mass is 274 g/mol. The smallest absolute Gasteiger partial charge is 0.352 e. The van der Waals surface area contributed by atoms with Gasteiger partial charge in [-0.1, -0.05) is 29.8 Å². The molecule has 0 amide bonds. The molecule has 0 aliphatic heterocycles. The minimum Gasteiger partial charge on any atom is -0.477 e. The number of hydrogen-bond acceptors (Lipinski definition) is 3. The standard InChI is InChI=1S/C12H12Cl2O3/c1-7(2)16-12(15)8(3)17-11-5-4-9(13)6-10(11)14/h4-6,8H,1H2,2-3H3. The Morgan fingerprint density at radius 1 is 1.41 bits per heavy atom. The van der Waals surface area contributed by atoms with E-state index in [0.29, 0.717) is 21.6 Å². The summed E-state index contributed by atoms with van der Waals surface area (Å²) in [6, 6.07) is 4.75. The maximum Gasteiger partial charge on any atom is 0.352 e. The van der Waals surface area contributed by atoms with Crippen LogP contribution in [-0.2, 0) is 9.53 Å². The van der Waals surface area contributed by atoms with Gasteiger partial charge in [-0.15, -0.1) is 0 Å². The Balaban J connectivity index is 2.70. The Kier molecular flexibility index (Phi) is 4.85. The quantitative estimate of drug-likeness (QED) is 0.618. The molecule has 0 aliphatic rings. The Bertz CT molecular complexity index is 443. The summed E-state index contributed by atoms with van der Waals surface area (Å²) in [4.78, 5) is 11.5. The summed E-state index contributed by atoms with van der Waals surface area (Å²) < 4.78 is 10.2. The largest absolute Gasteiger partial charge is 0.477 e. The van der Waals surface area contributed by atoms with Gasteiger partial charge in [0.05, 0.1) is 10.8 Å². The molecule has 0 N–H and O–H groups in total. The number of allylic oxidation sites excluding steroid dienone is 1. The van der Waals surface area contributed by atoms with Crippen LogP contribution in [0.3, 0.4) is 0 Å². The van der Waals surface area contributed by atoms with Gasteiger partial charge >= 0.3 is 5.97 Å². The summed E-state index contributed by atoms with van der Waals surface area (Å²) in [5.74, 6) is 0.165. The highest BCUT2D eigenvalue weighted by Crippen LogP contribution is 2.28. The Hall–Kier alpha value is -1.19. The van der Waals surface area contributed by atoms with Crippen LogP contribution in [0.5, 0.6) is 5.75 Å². The number of ether oxygens (including phenoxy) is 2. The van der Waals surface area contributed by atoms with E-state index in [0.717, 1.165) is 0 Å². The molecule has 0 spiro atoms. The summed E-state index contributed by atoms with van der Waals surface area (Å²) in [6.07, 6.45) is -0.773. The number of benzene rings is 1. The maximum absolute atomic E-state index is 11.5. The summed E-state index contributed by atoms with van der Waals surface area (Å²) in [5, 5.41) is 0.840. The van der Waals surface area contributed by atoms with Crippen molar-refractivity contribution in [2.75, 3.05) is 0 Å². The van der Waals surface area contributed by atoms with Crippen molar-refractivity contribution in [1.29, 1.82) is 0 Å². The van der Waals surface area contributed by atoms with E-state index in [1.807, 2.05) is 0 Å². The predicted octanol–water partition coefficient (Wildman–Crippen LogP) is 3.84. The van der Waals surface area contributed by atoms with Gasteiger partial charge in [0.15, 0.2) is 6.10 Å². The van der Waals surface area contributed by atoms with Crippen molar-refractivity contribution < 1.29 is 14.3 Å². The van der Waals surface area contributed by atoms with E-state index >= 15 is 0 Å². The zero-order valence-corrected chi connectivity index (χ0v) is 11.0. The van der Waals surface area contributed by atoms with Crippen LogP contribution in [0.15, 0.2) is 30.5 Å². The van der Waals surface area contributed by atoms with Gasteiger partial charge < -0.3 is 9.47 Å². The Labute approximate surface area is 110 Å². The van der Waals surface area contributed by atoms with Crippen molar-refractivity contribution in [2.45, 2.75) is 20.0 Å². The molecular formula is C12H12Cl2O3. The zero-order valence-electron chi connectivity index (χ0n) is 9.50. The molecule has 17 heavy (non-hydrogen) atoms. The average molecular weight is 275 g/mol. The van der Waals surface area contributed by atoms with Crippen molar-refractivity contribution in [3.8, 4) is 5.75 Å². The van der Waals surface area contributed by atoms with Crippen LogP contribution in [0, 0.1) is 0 Å². The van der Waals surface area contributed by atoms with Crippen LogP contribution in [0.4, 0.5) is 0 Å². The molecular weight excluding hydrogens is 263 g/mol. The fraction of sp³-hybridized carbons (Fsp3) is 0.250. The second-order valence-corrected chi connectivity index (χ2v) is 4.30. The topological polar surface area (TPSA) is 35.5 Å². The van der Waals surface area contributed by atoms with Crippen molar-refractivity contribution in [3.63, 3.8) is 0 Å². The van der Waals surface area contributed by atoms with E-state index in [1.165, 1.54) is 6.07 Å². The minimum absolute atomic E-state index is 0.313. The highest BCUT2D eigenvalue weighted by atomic mass is 35.5. The first kappa shape index (κ1) is 13.9. The molecule has 0 saturated carbocycles. The first-order chi connectivity index (χ1) is 7.90. The molecule has 0 heterocycles. The number of halogens is 2. The van der Waals surface area contributed by atoms with Gasteiger partial charge in [0.25, 0.3) is 0 Å². The lowest BCUT2D eigenvalue weighted by Crippen LogP contribution is -2.25. The van der Waals surface area contributed by atoms with Gasteiger partial charge in [-0.3, -0.25) is 0 Å². The van der Waals surface area contributed by atoms with E-state index < -0.39 is 12.1 Å². The van der Waals surface area contributed by atoms with Crippen LogP contribution in [0.2, 0.25) is 10.0 Å². The van der Waals surface area contributed by atoms with Crippen LogP contribution in [-0.4, -0.2) is 12.1 Å². The SMILES string of the molecule is C=C(C)OC(=O)C(C)Oc1ccc(Cl)cc1Cl. The molecule has 1 atom stereocenters. The summed E-state index contributed by atoms with van der Waals surface area (Å²) in [6.45, 7) is 6.62. The van der Waals surface area contributed by atoms with Crippen molar-refractivity contribution >= 4 is 29.2 Å². The van der Waals surface area contributed by atoms with Crippen LogP contribution >= 0.6 is 23.2 Å². The molecule has 92 valence electrons. The molecule has 0 fully saturated rings. The van der Waals surface area contributed by atoms with Gasteiger partial charge in [-0.25, -0.2) is 4.79 Å². The zero-order chi connectivity index (χ0) is 13.0. The first-order valence-electron chi connectivity index (χ1n) is 4.89. The molecule has 3 nitrogen and oxygen atoms in total. The van der Waals surface area contributed by atoms with Gasteiger partial charge in [0.1, 0.15) is 5.75 Å². The number of hydrogen-bond donors (Lipinski definition) is 0. The summed E-state index contributed by atoms with van der Waals surface area (Å²) >= 11 is 11.6. The normalized spacial score (nSPS) is 11.8. The molecule has 0 bridgehead atoms. The number of carbonyl (C=O) groups is 1. The molecule has 1 rings (SSSR count). The van der Waals surface area contributed by atoms with E-state index in [4.69, 9.17) is 32.7 Å². The average Bonchev–Trinajstić information content (AvgIpc) is 2.21. The van der Waals surface area contributed by atoms with E-state index in [1.54, 1.807) is 26.0 Å². The van der Waals surface area contributed by atoms with Gasteiger partial charge in [-0.2, -0.15) is 0 Å². The first-order valence-corrected chi connectivity index (χ1v) is 5.64. The van der Waals surface area contributed by atoms with E-state index in [2.05, 4.69) is 6.58 Å². The molecule has 5 heteroatoms. The predicted molar refractivity (Wildman–Crippen MR) is 67.5 cm³/mol. The fourth-order valence-electron chi connectivity index (χ4n) is 1.06. The van der Waals surface area contributed by atoms with Crippen molar-refractivity contribution in [3.05, 3.63) is 40.6 Å². The second-order valence-electron chi connectivity index (χ2n) is 3.46. The molecule has 1 aromatic rings. The molecule has 1 unspecified atom stereocenters. The van der Waals surface area contributed by atoms with Crippen LogP contribution in [0.25, 0.3) is 0 Å². The third-order valence-electron chi connectivity index (χ3n) is 1.80. The number of rotatable bonds is 4. The lowest BCUT2D eigenvalue weighted by molar-refractivity contribution is -0.146. The molecule has 0 aromatic heterocycles. The molecule has 1 aromatic carbocycles. The molecule has 0 aliphatic carbocycles. The van der Waals surface area contributed by atoms with Crippen molar-refractivity contribution in [1.82, 2.24) is 0 Å². The lowest BCUT2D eigenvalue weighted by atomic mass is 10.3. The fourth-order valence-corrected chi connectivity index (χ4v) is 1.52. The van der Waals surface area contributed by atoms with Gasteiger partial charge in [0.2, 0.25) is 0 Å². The highest BCUT2D eigenvalue weighted by Gasteiger charge is 2.18. The van der Waals surface area contributed by atoms with E-state index in [-0.39, 0.29) is 0 Å². The summed E-state index contributed by atoms with van der Waals surface area (Å²) in [5.41, 5.74) is 0. The second kappa shape index (κ2) is 5.94. The van der Waals surface area contributed by atoms with Gasteiger partial charge in [0, 0.05) is 5.02 Å². The molecule has 0 radical (unpaired) electrons. The Morgan fingerprint density at radius 3 is 2.59 bits per heavy atom. The minimum atomic E-state index is -0.773. The van der Waals surface area contributed by atoms with Crippen molar-refractivity contribution in [2.24, 2.45) is 0 Å². The third-order valence-corrected chi connectivity index (χ3v) is 2.33.